The van der Waals surface area contributed by atoms with Crippen LogP contribution in [0, 0.1) is 13.8 Å². The fourth-order valence-electron chi connectivity index (χ4n) is 3.60. The molecule has 0 fully saturated rings. The van der Waals surface area contributed by atoms with Crippen LogP contribution in [0.3, 0.4) is 0 Å². The van der Waals surface area contributed by atoms with Crippen LogP contribution < -0.4 is 10.6 Å². The van der Waals surface area contributed by atoms with Crippen molar-refractivity contribution in [3.8, 4) is 0 Å². The zero-order chi connectivity index (χ0) is 26.9. The molecule has 0 aliphatic rings. The Balaban J connectivity index is 2.39. The van der Waals surface area contributed by atoms with Crippen molar-refractivity contribution < 1.29 is 24.2 Å². The van der Waals surface area contributed by atoms with E-state index in [1.54, 1.807) is 26.8 Å². The third-order valence-electron chi connectivity index (χ3n) is 5.51. The summed E-state index contributed by atoms with van der Waals surface area (Å²) in [6.45, 7) is 8.83. The first kappa shape index (κ1) is 29.2. The van der Waals surface area contributed by atoms with Crippen LogP contribution in [0.2, 0.25) is 0 Å². The Labute approximate surface area is 218 Å². The highest BCUT2D eigenvalue weighted by atomic mass is 32.1. The van der Waals surface area contributed by atoms with Gasteiger partial charge in [0.05, 0.1) is 6.61 Å². The highest BCUT2D eigenvalue weighted by molar-refractivity contribution is 7.80. The monoisotopic (exact) mass is 515 g/mol. The second-order valence-electron chi connectivity index (χ2n) is 9.59. The second kappa shape index (κ2) is 13.3. The minimum absolute atomic E-state index is 0.0225. The number of alkyl carbamates (subject to hydrolysis) is 1. The van der Waals surface area contributed by atoms with Gasteiger partial charge in [-0.3, -0.25) is 9.59 Å². The lowest BCUT2D eigenvalue weighted by Gasteiger charge is -2.34. The summed E-state index contributed by atoms with van der Waals surface area (Å²) in [7, 11) is 0. The first-order valence-corrected chi connectivity index (χ1v) is 12.5. The largest absolute Gasteiger partial charge is 0.444 e. The van der Waals surface area contributed by atoms with E-state index in [0.29, 0.717) is 5.56 Å². The van der Waals surface area contributed by atoms with Gasteiger partial charge in [0.2, 0.25) is 11.8 Å². The van der Waals surface area contributed by atoms with E-state index in [2.05, 4.69) is 23.3 Å². The Kier molecular flexibility index (Phi) is 10.8. The van der Waals surface area contributed by atoms with Crippen LogP contribution in [0.25, 0.3) is 0 Å². The maximum Gasteiger partial charge on any atom is 0.408 e. The third-order valence-corrected chi connectivity index (χ3v) is 5.88. The van der Waals surface area contributed by atoms with Gasteiger partial charge >= 0.3 is 6.09 Å². The molecule has 3 amide bonds. The molecule has 8 nitrogen and oxygen atoms in total. The first-order valence-electron chi connectivity index (χ1n) is 11.9. The number of carbonyl (C=O) groups is 3. The van der Waals surface area contributed by atoms with Crippen LogP contribution in [0.1, 0.15) is 49.1 Å². The number of aliphatic hydroxyl groups excluding tert-OH is 1. The van der Waals surface area contributed by atoms with E-state index in [0.717, 1.165) is 16.7 Å². The van der Waals surface area contributed by atoms with Crippen molar-refractivity contribution in [1.29, 1.82) is 0 Å². The summed E-state index contributed by atoms with van der Waals surface area (Å²) in [6, 6.07) is 12.9. The molecule has 9 heteroatoms. The van der Waals surface area contributed by atoms with Gasteiger partial charge in [-0.2, -0.15) is 12.6 Å². The molecule has 0 aromatic heterocycles. The Bertz CT molecular complexity index is 1040. The zero-order valence-electron chi connectivity index (χ0n) is 21.6. The molecule has 2 atom stereocenters. The summed E-state index contributed by atoms with van der Waals surface area (Å²) in [5, 5.41) is 15.3. The van der Waals surface area contributed by atoms with E-state index in [-0.39, 0.29) is 25.4 Å². The molecule has 196 valence electrons. The van der Waals surface area contributed by atoms with Crippen molar-refractivity contribution in [3.63, 3.8) is 0 Å². The number of rotatable bonds is 10. The van der Waals surface area contributed by atoms with E-state index in [4.69, 9.17) is 4.74 Å². The van der Waals surface area contributed by atoms with Crippen LogP contribution in [0.15, 0.2) is 48.5 Å². The molecular weight excluding hydrogens is 478 g/mol. The van der Waals surface area contributed by atoms with Crippen molar-refractivity contribution >= 4 is 30.5 Å². The lowest BCUT2D eigenvalue weighted by molar-refractivity contribution is -0.142. The van der Waals surface area contributed by atoms with Gasteiger partial charge in [0.1, 0.15) is 17.7 Å². The van der Waals surface area contributed by atoms with E-state index in [1.807, 2.05) is 56.3 Å². The number of aryl methyl sites for hydroxylation is 2. The van der Waals surface area contributed by atoms with Crippen molar-refractivity contribution in [1.82, 2.24) is 15.5 Å². The fourth-order valence-corrected chi connectivity index (χ4v) is 3.85. The maximum absolute atomic E-state index is 13.6. The van der Waals surface area contributed by atoms with Gasteiger partial charge < -0.3 is 25.4 Å². The molecule has 0 aliphatic carbocycles. The van der Waals surface area contributed by atoms with Gasteiger partial charge in [0.25, 0.3) is 0 Å². The Morgan fingerprint density at radius 2 is 1.72 bits per heavy atom. The van der Waals surface area contributed by atoms with Crippen molar-refractivity contribution in [2.75, 3.05) is 18.9 Å². The maximum atomic E-state index is 13.6. The van der Waals surface area contributed by atoms with E-state index in [1.165, 1.54) is 4.90 Å². The molecule has 0 bridgehead atoms. The van der Waals surface area contributed by atoms with Crippen molar-refractivity contribution in [2.24, 2.45) is 0 Å². The molecule has 2 aromatic carbocycles. The summed E-state index contributed by atoms with van der Waals surface area (Å²) in [6.07, 6.45) is -0.768. The van der Waals surface area contributed by atoms with Crippen LogP contribution >= 0.6 is 12.6 Å². The first-order chi connectivity index (χ1) is 17.0. The number of thiol groups is 1. The average Bonchev–Trinajstić information content (AvgIpc) is 2.82. The van der Waals surface area contributed by atoms with Crippen LogP contribution in [-0.4, -0.2) is 58.5 Å². The number of hydrogen-bond donors (Lipinski definition) is 4. The number of benzene rings is 2. The number of carbonyl (C=O) groups excluding carboxylic acids is 3. The lowest BCUT2D eigenvalue weighted by atomic mass is 9.98. The van der Waals surface area contributed by atoms with Crippen LogP contribution in [0.5, 0.6) is 0 Å². The quantitative estimate of drug-likeness (QED) is 0.363. The molecule has 3 N–H and O–H groups in total. The number of nitrogens with zero attached hydrogens (tertiary/aromatic N) is 1. The molecule has 36 heavy (non-hydrogen) atoms. The normalized spacial score (nSPS) is 12.9. The number of ether oxygens (including phenoxy) is 1. The van der Waals surface area contributed by atoms with Crippen LogP contribution in [0.4, 0.5) is 4.79 Å². The molecule has 0 saturated carbocycles. The predicted molar refractivity (Wildman–Crippen MR) is 143 cm³/mol. The van der Waals surface area contributed by atoms with Gasteiger partial charge in [0.15, 0.2) is 0 Å². The summed E-state index contributed by atoms with van der Waals surface area (Å²) in [5.41, 5.74) is 2.76. The standard InChI is InChI=1S/C27H37N3O5S/c1-18-11-12-21(15-19(18)2)23(24(32)28-16-20-9-7-6-8-10-20)30(13-14-31)25(33)22(17-36)29-26(34)35-27(3,4)5/h6-12,15,22-23,31,36H,13-14,16-17H2,1-5H3,(H,28,32)(H,29,34). The van der Waals surface area contributed by atoms with Crippen molar-refractivity contribution in [2.45, 2.75) is 58.8 Å². The van der Waals surface area contributed by atoms with Gasteiger partial charge in [-0.15, -0.1) is 0 Å². The Morgan fingerprint density at radius 1 is 1.06 bits per heavy atom. The number of amides is 3. The fraction of sp³-hybridized carbons (Fsp3) is 0.444. The topological polar surface area (TPSA) is 108 Å². The summed E-state index contributed by atoms with van der Waals surface area (Å²) < 4.78 is 5.29. The minimum atomic E-state index is -1.06. The zero-order valence-corrected chi connectivity index (χ0v) is 22.5. The third kappa shape index (κ3) is 8.57. The van der Waals surface area contributed by atoms with Gasteiger partial charge in [-0.25, -0.2) is 4.79 Å². The molecule has 0 saturated heterocycles. The van der Waals surface area contributed by atoms with Crippen molar-refractivity contribution in [3.05, 3.63) is 70.8 Å². The lowest BCUT2D eigenvalue weighted by Crippen LogP contribution is -2.54. The van der Waals surface area contributed by atoms with Gasteiger partial charge in [-0.1, -0.05) is 48.5 Å². The number of hydrogen-bond acceptors (Lipinski definition) is 6. The van der Waals surface area contributed by atoms with E-state index in [9.17, 15) is 19.5 Å². The Morgan fingerprint density at radius 3 is 2.28 bits per heavy atom. The molecule has 2 rings (SSSR count). The van der Waals surface area contributed by atoms with E-state index < -0.39 is 35.6 Å². The average molecular weight is 516 g/mol. The van der Waals surface area contributed by atoms with Gasteiger partial charge in [0, 0.05) is 18.8 Å². The summed E-state index contributed by atoms with van der Waals surface area (Å²) >= 11 is 4.25. The molecule has 0 radical (unpaired) electrons. The number of nitrogens with one attached hydrogen (secondary N) is 2. The Hall–Kier alpha value is -3.04. The van der Waals surface area contributed by atoms with Gasteiger partial charge in [-0.05, 0) is 56.9 Å². The molecule has 0 aliphatic heterocycles. The highest BCUT2D eigenvalue weighted by Gasteiger charge is 2.35. The second-order valence-corrected chi connectivity index (χ2v) is 9.95. The summed E-state index contributed by atoms with van der Waals surface area (Å²) in [5.74, 6) is -0.979. The smallest absolute Gasteiger partial charge is 0.408 e. The predicted octanol–water partition coefficient (Wildman–Crippen LogP) is 3.30. The molecule has 2 aromatic rings. The minimum Gasteiger partial charge on any atom is -0.444 e. The molecular formula is C27H37N3O5S. The highest BCUT2D eigenvalue weighted by Crippen LogP contribution is 2.25. The molecule has 0 heterocycles. The molecule has 0 spiro atoms. The number of aliphatic hydroxyl groups is 1. The summed E-state index contributed by atoms with van der Waals surface area (Å²) in [4.78, 5) is 40.8. The molecule has 2 unspecified atom stereocenters. The SMILES string of the molecule is Cc1ccc(C(C(=O)NCc2ccccc2)N(CCO)C(=O)C(CS)NC(=O)OC(C)(C)C)cc1C. The van der Waals surface area contributed by atoms with Crippen LogP contribution in [-0.2, 0) is 20.9 Å². The van der Waals surface area contributed by atoms with E-state index >= 15 is 0 Å².